The van der Waals surface area contributed by atoms with Gasteiger partial charge in [0.15, 0.2) is 5.92 Å². The summed E-state index contributed by atoms with van der Waals surface area (Å²) in [6.45, 7) is 0. The van der Waals surface area contributed by atoms with Crippen LogP contribution in [0.5, 0.6) is 0 Å². The summed E-state index contributed by atoms with van der Waals surface area (Å²) in [6.07, 6.45) is -11.5. The van der Waals surface area contributed by atoms with Crippen molar-refractivity contribution in [1.82, 2.24) is 0 Å². The SMILES string of the molecule is N[C@@H](C(=O)O)C(C(F)(F)F)C(F)(F)F. The Labute approximate surface area is 73.5 Å². The Balaban J connectivity index is 5.03. The number of alkyl halides is 6. The zero-order valence-electron chi connectivity index (χ0n) is 6.36. The van der Waals surface area contributed by atoms with Crippen LogP contribution in [0.1, 0.15) is 0 Å². The van der Waals surface area contributed by atoms with E-state index in [1.54, 1.807) is 0 Å². The molecule has 0 bridgehead atoms. The highest BCUT2D eigenvalue weighted by atomic mass is 19.4. The van der Waals surface area contributed by atoms with Crippen molar-refractivity contribution in [3.63, 3.8) is 0 Å². The predicted molar refractivity (Wildman–Crippen MR) is 31.2 cm³/mol. The van der Waals surface area contributed by atoms with Gasteiger partial charge in [0.1, 0.15) is 6.04 Å². The van der Waals surface area contributed by atoms with E-state index in [1.807, 2.05) is 0 Å². The summed E-state index contributed by atoms with van der Waals surface area (Å²) >= 11 is 0. The third-order valence-electron chi connectivity index (χ3n) is 1.35. The van der Waals surface area contributed by atoms with Crippen molar-refractivity contribution in [2.75, 3.05) is 0 Å². The summed E-state index contributed by atoms with van der Waals surface area (Å²) in [4.78, 5) is 9.91. The van der Waals surface area contributed by atoms with Gasteiger partial charge < -0.3 is 10.8 Å². The first-order valence-electron chi connectivity index (χ1n) is 3.09. The highest BCUT2D eigenvalue weighted by Crippen LogP contribution is 2.40. The molecule has 0 amide bonds. The molecule has 14 heavy (non-hydrogen) atoms. The minimum atomic E-state index is -5.73. The van der Waals surface area contributed by atoms with Crippen molar-refractivity contribution < 1.29 is 36.2 Å². The number of halogens is 6. The molecule has 3 nitrogen and oxygen atoms in total. The van der Waals surface area contributed by atoms with Crippen LogP contribution in [0, 0.1) is 5.92 Å². The van der Waals surface area contributed by atoms with Crippen molar-refractivity contribution in [2.24, 2.45) is 11.7 Å². The summed E-state index contributed by atoms with van der Waals surface area (Å²) in [5.74, 6) is -6.41. The fraction of sp³-hybridized carbons (Fsp3) is 0.800. The molecular formula is C5H5F6NO2. The summed E-state index contributed by atoms with van der Waals surface area (Å²) in [5.41, 5.74) is 4.29. The van der Waals surface area contributed by atoms with Crippen LogP contribution in [0.25, 0.3) is 0 Å². The maximum Gasteiger partial charge on any atom is 0.402 e. The van der Waals surface area contributed by atoms with Gasteiger partial charge in [-0.1, -0.05) is 0 Å². The molecule has 0 fully saturated rings. The van der Waals surface area contributed by atoms with Crippen molar-refractivity contribution >= 4 is 5.97 Å². The highest BCUT2D eigenvalue weighted by molar-refractivity contribution is 5.73. The van der Waals surface area contributed by atoms with E-state index >= 15 is 0 Å². The molecule has 0 spiro atoms. The summed E-state index contributed by atoms with van der Waals surface area (Å²) in [6, 6.07) is -3.05. The molecule has 1 atom stereocenters. The number of carbonyl (C=O) groups is 1. The molecule has 9 heteroatoms. The van der Waals surface area contributed by atoms with E-state index in [2.05, 4.69) is 5.73 Å². The minimum absolute atomic E-state index is 2.36. The molecule has 0 radical (unpaired) electrons. The van der Waals surface area contributed by atoms with E-state index in [4.69, 9.17) is 5.11 Å². The second-order valence-electron chi connectivity index (χ2n) is 2.42. The summed E-state index contributed by atoms with van der Waals surface area (Å²) in [5, 5.41) is 7.95. The van der Waals surface area contributed by atoms with Crippen LogP contribution >= 0.6 is 0 Å². The van der Waals surface area contributed by atoms with Crippen LogP contribution in [0.3, 0.4) is 0 Å². The minimum Gasteiger partial charge on any atom is -0.480 e. The van der Waals surface area contributed by atoms with Crippen molar-refractivity contribution in [2.45, 2.75) is 18.4 Å². The first kappa shape index (κ1) is 13.0. The first-order valence-corrected chi connectivity index (χ1v) is 3.09. The predicted octanol–water partition coefficient (Wildman–Crippen LogP) is 1.14. The lowest BCUT2D eigenvalue weighted by molar-refractivity contribution is -0.289. The number of carboxylic acids is 1. The average Bonchev–Trinajstić information content (AvgIpc) is 1.79. The lowest BCUT2D eigenvalue weighted by Crippen LogP contribution is -2.52. The van der Waals surface area contributed by atoms with Gasteiger partial charge in [-0.3, -0.25) is 4.79 Å². The second-order valence-corrected chi connectivity index (χ2v) is 2.42. The van der Waals surface area contributed by atoms with E-state index < -0.39 is 30.3 Å². The molecule has 0 aliphatic carbocycles. The standard InChI is InChI=1S/C5H5F6NO2/c6-4(7,8)2(5(9,10)11)1(12)3(13)14/h1-2H,12H2,(H,13,14)/t1-/m1/s1. The Morgan fingerprint density at radius 3 is 1.43 bits per heavy atom. The second kappa shape index (κ2) is 3.64. The number of hydrogen-bond acceptors (Lipinski definition) is 2. The molecule has 0 aromatic rings. The fourth-order valence-corrected chi connectivity index (χ4v) is 0.735. The van der Waals surface area contributed by atoms with Crippen molar-refractivity contribution in [3.05, 3.63) is 0 Å². The normalized spacial score (nSPS) is 15.7. The number of nitrogens with two attached hydrogens (primary N) is 1. The molecule has 3 N–H and O–H groups in total. The van der Waals surface area contributed by atoms with E-state index in [0.29, 0.717) is 0 Å². The first-order chi connectivity index (χ1) is 5.98. The Hall–Kier alpha value is -0.990. The zero-order chi connectivity index (χ0) is 11.7. The lowest BCUT2D eigenvalue weighted by Gasteiger charge is -2.25. The van der Waals surface area contributed by atoms with Gasteiger partial charge in [-0.2, -0.15) is 26.3 Å². The van der Waals surface area contributed by atoms with Crippen LogP contribution in [-0.2, 0) is 4.79 Å². The lowest BCUT2D eigenvalue weighted by atomic mass is 9.99. The van der Waals surface area contributed by atoms with Gasteiger partial charge in [0, 0.05) is 0 Å². The monoisotopic (exact) mass is 225 g/mol. The molecule has 0 heterocycles. The van der Waals surface area contributed by atoms with E-state index in [0.717, 1.165) is 0 Å². The van der Waals surface area contributed by atoms with Crippen LogP contribution in [0.4, 0.5) is 26.3 Å². The topological polar surface area (TPSA) is 63.3 Å². The van der Waals surface area contributed by atoms with Gasteiger partial charge in [0.2, 0.25) is 0 Å². The van der Waals surface area contributed by atoms with Crippen LogP contribution in [0.2, 0.25) is 0 Å². The van der Waals surface area contributed by atoms with Gasteiger partial charge >= 0.3 is 18.3 Å². The van der Waals surface area contributed by atoms with Gasteiger partial charge in [-0.25, -0.2) is 0 Å². The Morgan fingerprint density at radius 2 is 1.36 bits per heavy atom. The van der Waals surface area contributed by atoms with Crippen LogP contribution < -0.4 is 5.73 Å². The quantitative estimate of drug-likeness (QED) is 0.692. The molecule has 0 saturated carbocycles. The summed E-state index contributed by atoms with van der Waals surface area (Å²) < 4.78 is 70.6. The number of carboxylic acid groups (broad SMARTS) is 1. The Kier molecular flexibility index (Phi) is 3.38. The third kappa shape index (κ3) is 3.05. The van der Waals surface area contributed by atoms with Crippen molar-refractivity contribution in [1.29, 1.82) is 0 Å². The van der Waals surface area contributed by atoms with Crippen LogP contribution in [0.15, 0.2) is 0 Å². The summed E-state index contributed by atoms with van der Waals surface area (Å²) in [7, 11) is 0. The molecule has 0 rings (SSSR count). The molecule has 0 aromatic heterocycles. The maximum atomic E-state index is 11.8. The molecule has 0 aromatic carbocycles. The maximum absolute atomic E-state index is 11.8. The van der Waals surface area contributed by atoms with Gasteiger partial charge in [0.05, 0.1) is 0 Å². The molecule has 0 aliphatic rings. The molecule has 0 saturated heterocycles. The number of rotatable bonds is 2. The van der Waals surface area contributed by atoms with Crippen molar-refractivity contribution in [3.8, 4) is 0 Å². The zero-order valence-corrected chi connectivity index (χ0v) is 6.36. The smallest absolute Gasteiger partial charge is 0.402 e. The van der Waals surface area contributed by atoms with Gasteiger partial charge in [-0.05, 0) is 0 Å². The largest absolute Gasteiger partial charge is 0.480 e. The molecule has 84 valence electrons. The third-order valence-corrected chi connectivity index (χ3v) is 1.35. The molecule has 0 unspecified atom stereocenters. The molecular weight excluding hydrogens is 220 g/mol. The fourth-order valence-electron chi connectivity index (χ4n) is 0.735. The Morgan fingerprint density at radius 1 is 1.07 bits per heavy atom. The average molecular weight is 225 g/mol. The highest BCUT2D eigenvalue weighted by Gasteiger charge is 2.61. The number of aliphatic carboxylic acids is 1. The van der Waals surface area contributed by atoms with Crippen LogP contribution in [-0.4, -0.2) is 29.5 Å². The van der Waals surface area contributed by atoms with Gasteiger partial charge in [-0.15, -0.1) is 0 Å². The Bertz CT molecular complexity index is 207. The van der Waals surface area contributed by atoms with Gasteiger partial charge in [0.25, 0.3) is 0 Å². The number of hydrogen-bond donors (Lipinski definition) is 2. The van der Waals surface area contributed by atoms with E-state index in [1.165, 1.54) is 0 Å². The van der Waals surface area contributed by atoms with E-state index in [9.17, 15) is 31.1 Å². The van der Waals surface area contributed by atoms with E-state index in [-0.39, 0.29) is 0 Å². The molecule has 0 aliphatic heterocycles.